The molecular formula is C23H29IN6O2. The molecule has 0 saturated carbocycles. The van der Waals surface area contributed by atoms with Crippen molar-refractivity contribution in [3.63, 3.8) is 0 Å². The zero-order valence-corrected chi connectivity index (χ0v) is 20.8. The van der Waals surface area contributed by atoms with Crippen LogP contribution in [0, 0.1) is 0 Å². The number of anilines is 1. The van der Waals surface area contributed by atoms with E-state index in [4.69, 9.17) is 4.99 Å². The Morgan fingerprint density at radius 1 is 1.16 bits per heavy atom. The predicted octanol–water partition coefficient (Wildman–Crippen LogP) is 4.47. The van der Waals surface area contributed by atoms with Crippen LogP contribution < -0.4 is 10.6 Å². The van der Waals surface area contributed by atoms with Crippen LogP contribution in [0.2, 0.25) is 0 Å². The number of methoxy groups -OCH3 is 1. The Balaban J connectivity index is 0.00000363. The van der Waals surface area contributed by atoms with Gasteiger partial charge in [-0.3, -0.25) is 5.32 Å². The van der Waals surface area contributed by atoms with Gasteiger partial charge >= 0.3 is 6.09 Å². The van der Waals surface area contributed by atoms with Gasteiger partial charge in [-0.15, -0.1) is 24.0 Å². The number of hydrogen-bond donors (Lipinski definition) is 3. The largest absolute Gasteiger partial charge is 0.453 e. The van der Waals surface area contributed by atoms with Gasteiger partial charge in [0.25, 0.3) is 0 Å². The third kappa shape index (κ3) is 7.26. The lowest BCUT2D eigenvalue weighted by atomic mass is 10.2. The van der Waals surface area contributed by atoms with Gasteiger partial charge in [0.05, 0.1) is 32.1 Å². The predicted molar refractivity (Wildman–Crippen MR) is 138 cm³/mol. The number of H-pyrrole nitrogens is 1. The molecule has 8 nitrogen and oxygen atoms in total. The number of rotatable bonds is 7. The first-order valence-corrected chi connectivity index (χ1v) is 10.1. The Kier molecular flexibility index (Phi) is 9.99. The van der Waals surface area contributed by atoms with Crippen molar-refractivity contribution in [3.05, 3.63) is 72.2 Å². The highest BCUT2D eigenvalue weighted by atomic mass is 127. The number of amides is 1. The molecule has 0 aliphatic rings. The number of guanidine groups is 1. The van der Waals surface area contributed by atoms with E-state index in [1.54, 1.807) is 0 Å². The molecule has 1 amide bonds. The third-order valence-electron chi connectivity index (χ3n) is 4.59. The van der Waals surface area contributed by atoms with E-state index in [0.29, 0.717) is 18.8 Å². The van der Waals surface area contributed by atoms with Crippen molar-refractivity contribution < 1.29 is 9.53 Å². The minimum Gasteiger partial charge on any atom is -0.453 e. The number of ether oxygens (including phenoxy) is 1. The molecule has 3 N–H and O–H groups in total. The van der Waals surface area contributed by atoms with E-state index in [2.05, 4.69) is 37.5 Å². The Morgan fingerprint density at radius 2 is 1.88 bits per heavy atom. The highest BCUT2D eigenvalue weighted by Gasteiger charge is 2.10. The summed E-state index contributed by atoms with van der Waals surface area (Å²) in [5.74, 6) is 1.65. The van der Waals surface area contributed by atoms with Crippen LogP contribution >= 0.6 is 24.0 Å². The molecule has 0 fully saturated rings. The Bertz CT molecular complexity index is 1000. The molecule has 32 heavy (non-hydrogen) atoms. The van der Waals surface area contributed by atoms with E-state index in [1.807, 2.05) is 67.5 Å². The van der Waals surface area contributed by atoms with E-state index in [1.165, 1.54) is 7.11 Å². The van der Waals surface area contributed by atoms with Crippen molar-refractivity contribution in [3.8, 4) is 11.3 Å². The second kappa shape index (κ2) is 12.7. The van der Waals surface area contributed by atoms with Gasteiger partial charge in [-0.1, -0.05) is 42.5 Å². The minimum atomic E-state index is -0.491. The van der Waals surface area contributed by atoms with Crippen LogP contribution in [-0.4, -0.2) is 47.6 Å². The average molecular weight is 548 g/mol. The van der Waals surface area contributed by atoms with E-state index in [-0.39, 0.29) is 24.0 Å². The second-order valence-electron chi connectivity index (χ2n) is 6.95. The standard InChI is InChI=1S/C23H28N6O2.HI/c1-4-24-22(26-14-17-10-12-19(13-11-17)27-23(30)31-3)29(2)16-21-25-15-20(28-21)18-8-6-5-7-9-18;/h5-13,15H,4,14,16H2,1-3H3,(H,24,26)(H,25,28)(H,27,30);1H. The zero-order chi connectivity index (χ0) is 22.1. The molecule has 0 aliphatic carbocycles. The van der Waals surface area contributed by atoms with Crippen molar-refractivity contribution in [1.29, 1.82) is 0 Å². The molecule has 170 valence electrons. The van der Waals surface area contributed by atoms with Crippen molar-refractivity contribution >= 4 is 41.7 Å². The number of nitrogens with zero attached hydrogens (tertiary/aromatic N) is 3. The van der Waals surface area contributed by atoms with Crippen LogP contribution in [0.4, 0.5) is 10.5 Å². The second-order valence-corrected chi connectivity index (χ2v) is 6.95. The summed E-state index contributed by atoms with van der Waals surface area (Å²) in [4.78, 5) is 25.9. The molecule has 1 heterocycles. The van der Waals surface area contributed by atoms with Crippen molar-refractivity contribution in [2.45, 2.75) is 20.0 Å². The molecule has 0 saturated heterocycles. The average Bonchev–Trinajstić information content (AvgIpc) is 3.26. The highest BCUT2D eigenvalue weighted by Crippen LogP contribution is 2.16. The quantitative estimate of drug-likeness (QED) is 0.230. The van der Waals surface area contributed by atoms with E-state index >= 15 is 0 Å². The van der Waals surface area contributed by atoms with Gasteiger partial charge in [-0.2, -0.15) is 0 Å². The summed E-state index contributed by atoms with van der Waals surface area (Å²) < 4.78 is 4.60. The third-order valence-corrected chi connectivity index (χ3v) is 4.59. The van der Waals surface area contributed by atoms with Gasteiger partial charge in [0.1, 0.15) is 5.82 Å². The van der Waals surface area contributed by atoms with Gasteiger partial charge in [0.15, 0.2) is 5.96 Å². The number of nitrogens with one attached hydrogen (secondary N) is 3. The SMILES string of the molecule is CCNC(=NCc1ccc(NC(=O)OC)cc1)N(C)Cc1ncc(-c2ccccc2)[nH]1.I. The molecular weight excluding hydrogens is 519 g/mol. The molecule has 3 aromatic rings. The van der Waals surface area contributed by atoms with E-state index < -0.39 is 6.09 Å². The monoisotopic (exact) mass is 548 g/mol. The molecule has 0 radical (unpaired) electrons. The van der Waals surface area contributed by atoms with Crippen LogP contribution in [0.1, 0.15) is 18.3 Å². The number of carbonyl (C=O) groups excluding carboxylic acids is 1. The molecule has 0 bridgehead atoms. The van der Waals surface area contributed by atoms with Gasteiger partial charge in [-0.25, -0.2) is 14.8 Å². The fourth-order valence-electron chi connectivity index (χ4n) is 3.00. The maximum absolute atomic E-state index is 11.3. The number of imidazole rings is 1. The fraction of sp³-hybridized carbons (Fsp3) is 0.261. The lowest BCUT2D eigenvalue weighted by molar-refractivity contribution is 0.187. The number of benzene rings is 2. The Morgan fingerprint density at radius 3 is 2.53 bits per heavy atom. The Hall–Kier alpha value is -3.08. The van der Waals surface area contributed by atoms with Crippen LogP contribution in [0.3, 0.4) is 0 Å². The molecule has 9 heteroatoms. The van der Waals surface area contributed by atoms with Crippen LogP contribution in [-0.2, 0) is 17.8 Å². The van der Waals surface area contributed by atoms with Gasteiger partial charge < -0.3 is 19.9 Å². The van der Waals surface area contributed by atoms with E-state index in [9.17, 15) is 4.79 Å². The maximum atomic E-state index is 11.3. The molecule has 1 aromatic heterocycles. The lowest BCUT2D eigenvalue weighted by Gasteiger charge is -2.21. The van der Waals surface area contributed by atoms with E-state index in [0.717, 1.165) is 35.1 Å². The van der Waals surface area contributed by atoms with Crippen molar-refractivity contribution in [1.82, 2.24) is 20.2 Å². The molecule has 0 spiro atoms. The number of hydrogen-bond acceptors (Lipinski definition) is 4. The zero-order valence-electron chi connectivity index (χ0n) is 18.5. The van der Waals surface area contributed by atoms with Gasteiger partial charge in [0.2, 0.25) is 0 Å². The highest BCUT2D eigenvalue weighted by molar-refractivity contribution is 14.0. The summed E-state index contributed by atoms with van der Waals surface area (Å²) in [6.45, 7) is 3.91. The lowest BCUT2D eigenvalue weighted by Crippen LogP contribution is -2.38. The Labute approximate surface area is 205 Å². The topological polar surface area (TPSA) is 94.6 Å². The van der Waals surface area contributed by atoms with Crippen molar-refractivity contribution in [2.24, 2.45) is 4.99 Å². The number of halogens is 1. The summed E-state index contributed by atoms with van der Waals surface area (Å²) in [7, 11) is 3.32. The summed E-state index contributed by atoms with van der Waals surface area (Å²) in [5.41, 5.74) is 3.81. The molecule has 0 unspecified atom stereocenters. The first kappa shape index (κ1) is 25.2. The normalized spacial score (nSPS) is 10.8. The molecule has 0 aliphatic heterocycles. The number of aromatic nitrogens is 2. The maximum Gasteiger partial charge on any atom is 0.411 e. The number of aliphatic imine (C=N–C) groups is 1. The van der Waals surface area contributed by atoms with Crippen LogP contribution in [0.5, 0.6) is 0 Å². The number of carbonyl (C=O) groups is 1. The fourth-order valence-corrected chi connectivity index (χ4v) is 3.00. The number of aromatic amines is 1. The molecule has 2 aromatic carbocycles. The summed E-state index contributed by atoms with van der Waals surface area (Å²) >= 11 is 0. The smallest absolute Gasteiger partial charge is 0.411 e. The van der Waals surface area contributed by atoms with Gasteiger partial charge in [0, 0.05) is 19.3 Å². The summed E-state index contributed by atoms with van der Waals surface area (Å²) in [6, 6.07) is 17.6. The summed E-state index contributed by atoms with van der Waals surface area (Å²) in [5, 5.41) is 5.95. The minimum absolute atomic E-state index is 0. The molecule has 0 atom stereocenters. The molecule has 3 rings (SSSR count). The summed E-state index contributed by atoms with van der Waals surface area (Å²) in [6.07, 6.45) is 1.36. The first-order chi connectivity index (χ1) is 15.1. The van der Waals surface area contributed by atoms with Gasteiger partial charge in [-0.05, 0) is 30.2 Å². The van der Waals surface area contributed by atoms with Crippen LogP contribution in [0.25, 0.3) is 11.3 Å². The van der Waals surface area contributed by atoms with Crippen molar-refractivity contribution in [2.75, 3.05) is 26.0 Å². The van der Waals surface area contributed by atoms with Crippen LogP contribution in [0.15, 0.2) is 65.8 Å². The first-order valence-electron chi connectivity index (χ1n) is 10.1.